The molecule has 0 unspecified atom stereocenters. The van der Waals surface area contributed by atoms with Gasteiger partial charge in [-0.05, 0) is 42.0 Å². The summed E-state index contributed by atoms with van der Waals surface area (Å²) in [5, 5.41) is 9.33. The molecule has 1 N–H and O–H groups in total. The zero-order chi connectivity index (χ0) is 21.7. The highest BCUT2D eigenvalue weighted by molar-refractivity contribution is 7.99. The molecule has 2 aromatic rings. The summed E-state index contributed by atoms with van der Waals surface area (Å²) >= 11 is 7.76. The Balaban J connectivity index is 1.87. The van der Waals surface area contributed by atoms with Crippen molar-refractivity contribution in [1.82, 2.24) is 0 Å². The van der Waals surface area contributed by atoms with Crippen molar-refractivity contribution in [2.75, 3.05) is 12.4 Å². The second-order valence-corrected chi connectivity index (χ2v) is 8.52. The Hall–Kier alpha value is -2.06. The topological polar surface area (TPSA) is 55.8 Å². The monoisotopic (exact) mass is 448 g/mol. The molecule has 0 amide bonds. The van der Waals surface area contributed by atoms with Crippen LogP contribution in [0.1, 0.15) is 19.4 Å². The minimum atomic E-state index is -4.73. The molecule has 4 nitrogen and oxygen atoms in total. The normalized spacial score (nSPS) is 11.9. The number of aliphatic carboxylic acids is 1. The van der Waals surface area contributed by atoms with Gasteiger partial charge in [-0.3, -0.25) is 4.79 Å². The number of carboxylic acid groups (broad SMARTS) is 1. The molecule has 0 saturated carbocycles. The molecule has 0 bridgehead atoms. The highest BCUT2D eigenvalue weighted by Gasteiger charge is 2.31. The number of thioether (sulfide) groups is 1. The van der Waals surface area contributed by atoms with Gasteiger partial charge < -0.3 is 14.6 Å². The Kier molecular flexibility index (Phi) is 7.71. The fourth-order valence-electron chi connectivity index (χ4n) is 2.28. The molecule has 0 spiro atoms. The van der Waals surface area contributed by atoms with E-state index in [9.17, 15) is 18.0 Å². The van der Waals surface area contributed by atoms with Crippen molar-refractivity contribution < 1.29 is 32.5 Å². The second kappa shape index (κ2) is 9.63. The van der Waals surface area contributed by atoms with Crippen molar-refractivity contribution in [2.24, 2.45) is 5.41 Å². The average molecular weight is 449 g/mol. The van der Waals surface area contributed by atoms with Gasteiger partial charge >= 0.3 is 12.3 Å². The molecule has 29 heavy (non-hydrogen) atoms. The molecule has 0 radical (unpaired) electrons. The number of hydrogen-bond acceptors (Lipinski definition) is 4. The van der Waals surface area contributed by atoms with E-state index in [0.29, 0.717) is 28.7 Å². The van der Waals surface area contributed by atoms with E-state index in [0.717, 1.165) is 4.90 Å². The molecular formula is C20H20ClF3O4S. The third-order valence-corrected chi connectivity index (χ3v) is 5.67. The number of alkyl halides is 3. The highest BCUT2D eigenvalue weighted by Crippen LogP contribution is 2.34. The lowest BCUT2D eigenvalue weighted by atomic mass is 9.98. The van der Waals surface area contributed by atoms with Gasteiger partial charge in [0.15, 0.2) is 0 Å². The van der Waals surface area contributed by atoms with E-state index >= 15 is 0 Å². The van der Waals surface area contributed by atoms with Gasteiger partial charge in [0.05, 0.1) is 18.1 Å². The Morgan fingerprint density at radius 1 is 1.10 bits per heavy atom. The van der Waals surface area contributed by atoms with Crippen LogP contribution in [0.3, 0.4) is 0 Å². The summed E-state index contributed by atoms with van der Waals surface area (Å²) in [6.45, 7) is 4.33. The summed E-state index contributed by atoms with van der Waals surface area (Å²) in [5.41, 5.74) is 0.377. The van der Waals surface area contributed by atoms with Crippen LogP contribution in [0.2, 0.25) is 5.02 Å². The minimum absolute atomic E-state index is 0.0865. The molecule has 9 heteroatoms. The molecule has 0 aliphatic heterocycles. The molecule has 0 fully saturated rings. The summed E-state index contributed by atoms with van der Waals surface area (Å²) in [6.07, 6.45) is -4.81. The van der Waals surface area contributed by atoms with Gasteiger partial charge in [0.1, 0.15) is 11.5 Å². The van der Waals surface area contributed by atoms with Gasteiger partial charge in [0, 0.05) is 16.1 Å². The van der Waals surface area contributed by atoms with Crippen molar-refractivity contribution >= 4 is 29.3 Å². The van der Waals surface area contributed by atoms with E-state index in [1.165, 1.54) is 36.0 Å². The number of ether oxygens (including phenoxy) is 2. The van der Waals surface area contributed by atoms with Crippen molar-refractivity contribution in [3.63, 3.8) is 0 Å². The molecule has 0 aliphatic rings. The number of rotatable bonds is 9. The van der Waals surface area contributed by atoms with Crippen LogP contribution < -0.4 is 9.47 Å². The van der Waals surface area contributed by atoms with E-state index < -0.39 is 12.3 Å². The van der Waals surface area contributed by atoms with Crippen LogP contribution in [0.15, 0.2) is 47.4 Å². The number of benzene rings is 2. The molecule has 0 saturated heterocycles. The predicted molar refractivity (Wildman–Crippen MR) is 106 cm³/mol. The number of halogens is 4. The van der Waals surface area contributed by atoms with Crippen molar-refractivity contribution in [3.05, 3.63) is 53.1 Å². The largest absolute Gasteiger partial charge is 0.573 e. The number of hydrogen-bond donors (Lipinski definition) is 1. The van der Waals surface area contributed by atoms with Crippen LogP contribution in [0.5, 0.6) is 11.5 Å². The predicted octanol–water partition coefficient (Wildman–Crippen LogP) is 6.06. The lowest BCUT2D eigenvalue weighted by Gasteiger charge is -2.24. The summed E-state index contributed by atoms with van der Waals surface area (Å²) in [4.78, 5) is 11.6. The van der Waals surface area contributed by atoms with E-state index in [4.69, 9.17) is 21.4 Å². The number of carbonyl (C=O) groups is 1. The molecular weight excluding hydrogens is 429 g/mol. The van der Waals surface area contributed by atoms with Crippen LogP contribution in [0.25, 0.3) is 0 Å². The van der Waals surface area contributed by atoms with Crippen LogP contribution in [0, 0.1) is 5.41 Å². The molecule has 158 valence electrons. The lowest BCUT2D eigenvalue weighted by Crippen LogP contribution is -2.24. The first-order chi connectivity index (χ1) is 13.4. The van der Waals surface area contributed by atoms with Gasteiger partial charge in [0.2, 0.25) is 0 Å². The Morgan fingerprint density at radius 2 is 1.72 bits per heavy atom. The van der Waals surface area contributed by atoms with Gasteiger partial charge in [0.25, 0.3) is 0 Å². The van der Waals surface area contributed by atoms with Crippen molar-refractivity contribution in [1.29, 1.82) is 0 Å². The van der Waals surface area contributed by atoms with E-state index in [1.807, 2.05) is 13.8 Å². The van der Waals surface area contributed by atoms with Gasteiger partial charge in [-0.25, -0.2) is 0 Å². The maximum Gasteiger partial charge on any atom is 0.573 e. The first-order valence-electron chi connectivity index (χ1n) is 8.55. The van der Waals surface area contributed by atoms with Crippen molar-refractivity contribution in [2.45, 2.75) is 31.5 Å². The SMILES string of the molecule is CC(C)(COc1ccc(OC(F)(F)F)cc1)CSc1ccc(CC(=O)O)cc1Cl. The summed E-state index contributed by atoms with van der Waals surface area (Å²) < 4.78 is 46.1. The van der Waals surface area contributed by atoms with E-state index in [-0.39, 0.29) is 17.6 Å². The minimum Gasteiger partial charge on any atom is -0.493 e. The van der Waals surface area contributed by atoms with Crippen LogP contribution in [-0.4, -0.2) is 29.8 Å². The smallest absolute Gasteiger partial charge is 0.493 e. The number of carboxylic acids is 1. The van der Waals surface area contributed by atoms with Gasteiger partial charge in [-0.1, -0.05) is 31.5 Å². The van der Waals surface area contributed by atoms with Crippen LogP contribution in [-0.2, 0) is 11.2 Å². The average Bonchev–Trinajstić information content (AvgIpc) is 2.59. The summed E-state index contributed by atoms with van der Waals surface area (Å²) in [6, 6.07) is 10.4. The molecule has 0 aromatic heterocycles. The Labute approximate surface area is 176 Å². The molecule has 0 heterocycles. The maximum atomic E-state index is 12.2. The Bertz CT molecular complexity index is 839. The molecule has 2 rings (SSSR count). The first kappa shape index (κ1) is 23.2. The molecule has 2 aromatic carbocycles. The van der Waals surface area contributed by atoms with Crippen LogP contribution >= 0.6 is 23.4 Å². The quantitative estimate of drug-likeness (QED) is 0.472. The fourth-order valence-corrected chi connectivity index (χ4v) is 3.63. The first-order valence-corrected chi connectivity index (χ1v) is 9.91. The van der Waals surface area contributed by atoms with E-state index in [1.54, 1.807) is 18.2 Å². The van der Waals surface area contributed by atoms with Gasteiger partial charge in [-0.15, -0.1) is 24.9 Å². The zero-order valence-corrected chi connectivity index (χ0v) is 17.3. The standard InChI is InChI=1S/C20H20ClF3O4S/c1-19(2,11-27-14-4-6-15(7-5-14)28-20(22,23)24)12-29-17-8-3-13(9-16(17)21)10-18(25)26/h3-9H,10-12H2,1-2H3,(H,25,26). The van der Waals surface area contributed by atoms with E-state index in [2.05, 4.69) is 4.74 Å². The van der Waals surface area contributed by atoms with Gasteiger partial charge in [-0.2, -0.15) is 0 Å². The van der Waals surface area contributed by atoms with Crippen LogP contribution in [0.4, 0.5) is 13.2 Å². The zero-order valence-electron chi connectivity index (χ0n) is 15.8. The third kappa shape index (κ3) is 8.45. The second-order valence-electron chi connectivity index (χ2n) is 7.10. The van der Waals surface area contributed by atoms with Crippen molar-refractivity contribution in [3.8, 4) is 11.5 Å². The third-order valence-electron chi connectivity index (χ3n) is 3.66. The lowest BCUT2D eigenvalue weighted by molar-refractivity contribution is -0.274. The summed E-state index contributed by atoms with van der Waals surface area (Å²) in [7, 11) is 0. The molecule has 0 aliphatic carbocycles. The fraction of sp³-hybridized carbons (Fsp3) is 0.350. The Morgan fingerprint density at radius 3 is 2.28 bits per heavy atom. The highest BCUT2D eigenvalue weighted by atomic mass is 35.5. The summed E-state index contributed by atoms with van der Waals surface area (Å²) in [5.74, 6) is -0.118. The maximum absolute atomic E-state index is 12.2. The molecule has 0 atom stereocenters.